The summed E-state index contributed by atoms with van der Waals surface area (Å²) in [7, 11) is 2.96. The number of benzene rings is 4. The summed E-state index contributed by atoms with van der Waals surface area (Å²) in [6, 6.07) is 20.0. The fraction of sp³-hybridized carbons (Fsp3) is 0.120. The van der Waals surface area contributed by atoms with Crippen molar-refractivity contribution in [1.29, 1.82) is 0 Å². The van der Waals surface area contributed by atoms with Gasteiger partial charge < -0.3 is 9.47 Å². The highest BCUT2D eigenvalue weighted by atomic mass is 35.5. The van der Waals surface area contributed by atoms with Crippen LogP contribution in [0.4, 0.5) is 13.2 Å². The number of alkyl halides is 3. The third-order valence-electron chi connectivity index (χ3n) is 5.04. The van der Waals surface area contributed by atoms with Gasteiger partial charge in [0.15, 0.2) is 0 Å². The van der Waals surface area contributed by atoms with Gasteiger partial charge in [0.05, 0.1) is 29.7 Å². The minimum atomic E-state index is -4.55. The average molecular weight is 475 g/mol. The summed E-state index contributed by atoms with van der Waals surface area (Å²) in [4.78, 5) is 1.18. The van der Waals surface area contributed by atoms with Gasteiger partial charge in [0.2, 0.25) is 0 Å². The summed E-state index contributed by atoms with van der Waals surface area (Å²) in [5.41, 5.74) is -0.437. The predicted octanol–water partition coefficient (Wildman–Crippen LogP) is 8.35. The molecule has 0 amide bonds. The first-order valence-electron chi connectivity index (χ1n) is 9.62. The van der Waals surface area contributed by atoms with Crippen molar-refractivity contribution >= 4 is 34.1 Å². The Balaban J connectivity index is 2.15. The maximum absolute atomic E-state index is 14.0. The van der Waals surface area contributed by atoms with Crippen molar-refractivity contribution in [3.63, 3.8) is 0 Å². The zero-order valence-electron chi connectivity index (χ0n) is 17.2. The van der Waals surface area contributed by atoms with E-state index in [4.69, 9.17) is 21.1 Å². The van der Waals surface area contributed by atoms with Gasteiger partial charge in [-0.05, 0) is 23.8 Å². The number of hydrogen-bond donors (Lipinski definition) is 0. The van der Waals surface area contributed by atoms with Gasteiger partial charge in [-0.2, -0.15) is 13.2 Å². The number of rotatable bonds is 5. The topological polar surface area (TPSA) is 18.5 Å². The normalized spacial score (nSPS) is 11.6. The van der Waals surface area contributed by atoms with Crippen LogP contribution in [0.3, 0.4) is 0 Å². The molecule has 0 fully saturated rings. The fourth-order valence-corrected chi connectivity index (χ4v) is 5.07. The summed E-state index contributed by atoms with van der Waals surface area (Å²) in [5, 5.41) is 1.87. The lowest BCUT2D eigenvalue weighted by atomic mass is 9.94. The van der Waals surface area contributed by atoms with E-state index in [1.807, 2.05) is 30.3 Å². The van der Waals surface area contributed by atoms with Crippen LogP contribution in [0.5, 0.6) is 11.5 Å². The highest BCUT2D eigenvalue weighted by molar-refractivity contribution is 7.99. The van der Waals surface area contributed by atoms with Crippen LogP contribution in [0, 0.1) is 0 Å². The van der Waals surface area contributed by atoms with Crippen LogP contribution in [0.15, 0.2) is 82.6 Å². The van der Waals surface area contributed by atoms with Crippen molar-refractivity contribution in [1.82, 2.24) is 0 Å². The van der Waals surface area contributed by atoms with Crippen LogP contribution in [0.2, 0.25) is 5.02 Å². The minimum Gasteiger partial charge on any atom is -0.495 e. The fourth-order valence-electron chi connectivity index (χ4n) is 3.70. The highest BCUT2D eigenvalue weighted by Crippen LogP contribution is 2.54. The third-order valence-corrected chi connectivity index (χ3v) is 6.65. The van der Waals surface area contributed by atoms with Gasteiger partial charge in [-0.15, -0.1) is 0 Å². The lowest BCUT2D eigenvalue weighted by Gasteiger charge is -2.23. The van der Waals surface area contributed by atoms with E-state index >= 15 is 0 Å². The molecule has 0 aliphatic heterocycles. The van der Waals surface area contributed by atoms with Crippen molar-refractivity contribution in [3.05, 3.63) is 83.4 Å². The zero-order chi connectivity index (χ0) is 22.9. The van der Waals surface area contributed by atoms with Crippen molar-refractivity contribution in [2.75, 3.05) is 14.2 Å². The van der Waals surface area contributed by atoms with E-state index in [0.717, 1.165) is 11.5 Å². The molecule has 0 radical (unpaired) electrons. The van der Waals surface area contributed by atoms with Gasteiger partial charge in [0, 0.05) is 21.2 Å². The zero-order valence-corrected chi connectivity index (χ0v) is 18.7. The first-order valence-corrected chi connectivity index (χ1v) is 10.8. The Bertz CT molecular complexity index is 1290. The Kier molecular flexibility index (Phi) is 6.26. The van der Waals surface area contributed by atoms with Crippen molar-refractivity contribution in [3.8, 4) is 22.6 Å². The predicted molar refractivity (Wildman–Crippen MR) is 123 cm³/mol. The van der Waals surface area contributed by atoms with E-state index in [1.54, 1.807) is 24.3 Å². The highest BCUT2D eigenvalue weighted by Gasteiger charge is 2.36. The molecule has 4 aromatic rings. The number of methoxy groups -OCH3 is 2. The first kappa shape index (κ1) is 22.4. The molecule has 0 unspecified atom stereocenters. The first-order chi connectivity index (χ1) is 15.4. The lowest BCUT2D eigenvalue weighted by molar-refractivity contribution is -0.137. The monoisotopic (exact) mass is 474 g/mol. The molecular weight excluding hydrogens is 457 g/mol. The van der Waals surface area contributed by atoms with E-state index in [2.05, 4.69) is 0 Å². The van der Waals surface area contributed by atoms with E-state index in [1.165, 1.54) is 38.1 Å². The molecular formula is C25H18ClF3O2S. The van der Waals surface area contributed by atoms with Gasteiger partial charge >= 0.3 is 6.18 Å². The third kappa shape index (κ3) is 4.00. The number of ether oxygens (including phenoxy) is 2. The van der Waals surface area contributed by atoms with Crippen LogP contribution < -0.4 is 9.47 Å². The summed E-state index contributed by atoms with van der Waals surface area (Å²) in [6.07, 6.45) is -4.55. The van der Waals surface area contributed by atoms with Crippen LogP contribution in [0.1, 0.15) is 5.56 Å². The standard InChI is InChI=1S/C25H18ClF3O2S/c1-30-22-15-9-3-4-10-16(15)23(31-2)24(32-20-14-8-7-13-19(20)26)21(22)17-11-5-6-12-18(17)25(27,28)29/h3-14H,1-2H3. The molecule has 2 nitrogen and oxygen atoms in total. The molecule has 164 valence electrons. The molecule has 4 rings (SSSR count). The van der Waals surface area contributed by atoms with E-state index in [9.17, 15) is 13.2 Å². The Hall–Kier alpha value is -2.83. The lowest BCUT2D eigenvalue weighted by Crippen LogP contribution is -2.08. The van der Waals surface area contributed by atoms with Gasteiger partial charge in [-0.1, -0.05) is 78.0 Å². The maximum atomic E-state index is 14.0. The van der Waals surface area contributed by atoms with Gasteiger partial charge in [-0.3, -0.25) is 0 Å². The van der Waals surface area contributed by atoms with Crippen LogP contribution in [-0.4, -0.2) is 14.2 Å². The molecule has 0 bridgehead atoms. The van der Waals surface area contributed by atoms with E-state index < -0.39 is 11.7 Å². The quantitative estimate of drug-likeness (QED) is 0.289. The Labute approximate surface area is 192 Å². The maximum Gasteiger partial charge on any atom is 0.417 e. The molecule has 0 saturated heterocycles. The van der Waals surface area contributed by atoms with E-state index in [0.29, 0.717) is 37.3 Å². The Morgan fingerprint density at radius 2 is 1.31 bits per heavy atom. The van der Waals surface area contributed by atoms with Gasteiger partial charge in [-0.25, -0.2) is 0 Å². The van der Waals surface area contributed by atoms with Crippen molar-refractivity contribution in [2.45, 2.75) is 16.0 Å². The number of halogens is 4. The Morgan fingerprint density at radius 3 is 1.94 bits per heavy atom. The van der Waals surface area contributed by atoms with Crippen molar-refractivity contribution in [2.24, 2.45) is 0 Å². The Morgan fingerprint density at radius 1 is 0.750 bits per heavy atom. The van der Waals surface area contributed by atoms with Crippen molar-refractivity contribution < 1.29 is 22.6 Å². The SMILES string of the molecule is COc1c(Sc2ccccc2Cl)c(-c2ccccc2C(F)(F)F)c(OC)c2ccccc12. The second kappa shape index (κ2) is 8.96. The second-order valence-corrected chi connectivity index (χ2v) is 8.35. The molecule has 0 spiro atoms. The molecule has 4 aromatic carbocycles. The molecule has 0 atom stereocenters. The number of hydrogen-bond acceptors (Lipinski definition) is 3. The molecule has 0 aromatic heterocycles. The number of fused-ring (bicyclic) bond motifs is 1. The molecule has 32 heavy (non-hydrogen) atoms. The molecule has 0 saturated carbocycles. The molecule has 0 heterocycles. The largest absolute Gasteiger partial charge is 0.495 e. The summed E-state index contributed by atoms with van der Waals surface area (Å²) >= 11 is 7.64. The average Bonchev–Trinajstić information content (AvgIpc) is 2.79. The molecule has 0 N–H and O–H groups in total. The van der Waals surface area contributed by atoms with Gasteiger partial charge in [0.1, 0.15) is 11.5 Å². The minimum absolute atomic E-state index is 0.00968. The summed E-state index contributed by atoms with van der Waals surface area (Å²) in [6.45, 7) is 0. The van der Waals surface area contributed by atoms with Crippen LogP contribution >= 0.6 is 23.4 Å². The second-order valence-electron chi connectivity index (χ2n) is 6.89. The van der Waals surface area contributed by atoms with Gasteiger partial charge in [0.25, 0.3) is 0 Å². The summed E-state index contributed by atoms with van der Waals surface area (Å²) in [5.74, 6) is 0.797. The molecule has 0 aliphatic carbocycles. The molecule has 0 aliphatic rings. The van der Waals surface area contributed by atoms with Crippen LogP contribution in [-0.2, 0) is 6.18 Å². The van der Waals surface area contributed by atoms with E-state index in [-0.39, 0.29) is 5.56 Å². The molecule has 7 heteroatoms. The summed E-state index contributed by atoms with van der Waals surface area (Å²) < 4.78 is 53.4. The van der Waals surface area contributed by atoms with Crippen LogP contribution in [0.25, 0.3) is 21.9 Å². The smallest absolute Gasteiger partial charge is 0.417 e.